The fraction of sp³-hybridized carbons (Fsp3) is 0.0769. The Kier molecular flexibility index (Phi) is 2.38. The molecule has 1 heterocycles. The first-order valence-corrected chi connectivity index (χ1v) is 5.95. The standard InChI is InChI=1S/C13H7ClO2S/c14-8-5-6-10-11(13(8)17)12(15)7-3-1-2-4-9(7)16-10/h1-6,8H. The van der Waals surface area contributed by atoms with Crippen molar-refractivity contribution in [3.63, 3.8) is 0 Å². The quantitative estimate of drug-likeness (QED) is 0.540. The van der Waals surface area contributed by atoms with E-state index in [2.05, 4.69) is 0 Å². The number of thiocarbonyl (C=S) groups is 1. The maximum Gasteiger partial charge on any atom is 0.201 e. The molecule has 3 rings (SSSR count). The van der Waals surface area contributed by atoms with Gasteiger partial charge < -0.3 is 4.42 Å². The van der Waals surface area contributed by atoms with Gasteiger partial charge in [0.15, 0.2) is 0 Å². The Labute approximate surface area is 108 Å². The Bertz CT molecular complexity index is 715. The Morgan fingerprint density at radius 3 is 2.88 bits per heavy atom. The molecule has 0 aliphatic heterocycles. The van der Waals surface area contributed by atoms with E-state index < -0.39 is 5.38 Å². The first kappa shape index (κ1) is 10.7. The van der Waals surface area contributed by atoms with E-state index in [1.807, 2.05) is 6.07 Å². The van der Waals surface area contributed by atoms with Crippen LogP contribution in [0.2, 0.25) is 0 Å². The van der Waals surface area contributed by atoms with E-state index in [0.29, 0.717) is 27.2 Å². The van der Waals surface area contributed by atoms with Gasteiger partial charge in [0.05, 0.1) is 21.2 Å². The van der Waals surface area contributed by atoms with Crippen molar-refractivity contribution in [3.8, 4) is 0 Å². The minimum atomic E-state index is -0.415. The largest absolute Gasteiger partial charge is 0.456 e. The summed E-state index contributed by atoms with van der Waals surface area (Å²) in [5.41, 5.74) is 0.875. The monoisotopic (exact) mass is 262 g/mol. The smallest absolute Gasteiger partial charge is 0.201 e. The molecule has 1 aromatic carbocycles. The summed E-state index contributed by atoms with van der Waals surface area (Å²) in [4.78, 5) is 12.7. The third-order valence-corrected chi connectivity index (χ3v) is 3.69. The predicted molar refractivity (Wildman–Crippen MR) is 72.9 cm³/mol. The third-order valence-electron chi connectivity index (χ3n) is 2.74. The van der Waals surface area contributed by atoms with E-state index in [1.165, 1.54) is 0 Å². The Morgan fingerprint density at radius 1 is 1.29 bits per heavy atom. The maximum atomic E-state index is 12.3. The lowest BCUT2D eigenvalue weighted by Crippen LogP contribution is -2.24. The lowest BCUT2D eigenvalue weighted by Gasteiger charge is -2.14. The van der Waals surface area contributed by atoms with Crippen LogP contribution in [-0.4, -0.2) is 10.2 Å². The number of para-hydroxylation sites is 1. The second-order valence-electron chi connectivity index (χ2n) is 3.79. The molecule has 0 bridgehead atoms. The molecule has 1 unspecified atom stereocenters. The van der Waals surface area contributed by atoms with Gasteiger partial charge in [-0.15, -0.1) is 11.6 Å². The molecule has 84 valence electrons. The van der Waals surface area contributed by atoms with Crippen molar-refractivity contribution in [1.82, 2.24) is 0 Å². The van der Waals surface area contributed by atoms with Crippen LogP contribution in [0.25, 0.3) is 17.0 Å². The minimum Gasteiger partial charge on any atom is -0.456 e. The topological polar surface area (TPSA) is 30.2 Å². The molecule has 0 fully saturated rings. The first-order valence-electron chi connectivity index (χ1n) is 5.11. The molecule has 0 saturated heterocycles. The van der Waals surface area contributed by atoms with Gasteiger partial charge in [-0.25, -0.2) is 0 Å². The normalized spacial score (nSPS) is 18.4. The SMILES string of the molecule is O=c1c2c(oc3ccccc13)C=CC(Cl)C2=S. The van der Waals surface area contributed by atoms with E-state index in [1.54, 1.807) is 30.4 Å². The molecule has 1 aliphatic carbocycles. The Balaban J connectivity index is 2.47. The summed E-state index contributed by atoms with van der Waals surface area (Å²) in [5, 5.41) is 0.120. The predicted octanol–water partition coefficient (Wildman–Crippen LogP) is 3.15. The number of hydrogen-bond donors (Lipinski definition) is 0. The van der Waals surface area contributed by atoms with Crippen LogP contribution in [0.4, 0.5) is 0 Å². The Morgan fingerprint density at radius 2 is 2.06 bits per heavy atom. The molecule has 0 N–H and O–H groups in total. The summed E-state index contributed by atoms with van der Waals surface area (Å²) in [6.45, 7) is 0. The van der Waals surface area contributed by atoms with Crippen molar-refractivity contribution in [1.29, 1.82) is 0 Å². The van der Waals surface area contributed by atoms with Crippen molar-refractivity contribution in [2.45, 2.75) is 5.38 Å². The van der Waals surface area contributed by atoms with E-state index in [9.17, 15) is 4.79 Å². The van der Waals surface area contributed by atoms with Gasteiger partial charge in [0.2, 0.25) is 5.43 Å². The van der Waals surface area contributed by atoms with Gasteiger partial charge in [-0.2, -0.15) is 0 Å². The highest BCUT2D eigenvalue weighted by molar-refractivity contribution is 7.81. The average Bonchev–Trinajstić information content (AvgIpc) is 2.34. The van der Waals surface area contributed by atoms with Gasteiger partial charge in [0.25, 0.3) is 0 Å². The summed E-state index contributed by atoms with van der Waals surface area (Å²) in [5.74, 6) is 0.496. The second-order valence-corrected chi connectivity index (χ2v) is 4.70. The number of alkyl halides is 1. The van der Waals surface area contributed by atoms with Gasteiger partial charge in [-0.05, 0) is 18.2 Å². The van der Waals surface area contributed by atoms with Crippen molar-refractivity contribution in [3.05, 3.63) is 51.9 Å². The van der Waals surface area contributed by atoms with E-state index in [4.69, 9.17) is 28.2 Å². The molecule has 0 amide bonds. The molecule has 0 saturated carbocycles. The summed E-state index contributed by atoms with van der Waals surface area (Å²) >= 11 is 11.2. The molecular formula is C13H7ClO2S. The van der Waals surface area contributed by atoms with Crippen molar-refractivity contribution < 1.29 is 4.42 Å². The average molecular weight is 263 g/mol. The highest BCUT2D eigenvalue weighted by Gasteiger charge is 2.23. The van der Waals surface area contributed by atoms with E-state index in [0.717, 1.165) is 0 Å². The van der Waals surface area contributed by atoms with Gasteiger partial charge in [0.1, 0.15) is 11.3 Å². The first-order chi connectivity index (χ1) is 8.18. The zero-order chi connectivity index (χ0) is 12.0. The fourth-order valence-electron chi connectivity index (χ4n) is 1.91. The molecule has 2 nitrogen and oxygen atoms in total. The number of allylic oxidation sites excluding steroid dienone is 1. The van der Waals surface area contributed by atoms with Crippen LogP contribution < -0.4 is 5.43 Å². The molecular weight excluding hydrogens is 256 g/mol. The Hall–Kier alpha value is -1.45. The van der Waals surface area contributed by atoms with Crippen LogP contribution in [0.3, 0.4) is 0 Å². The number of benzene rings is 1. The van der Waals surface area contributed by atoms with Crippen LogP contribution in [0.15, 0.2) is 39.6 Å². The third kappa shape index (κ3) is 1.54. The second kappa shape index (κ2) is 3.79. The number of fused-ring (bicyclic) bond motifs is 2. The number of halogens is 1. The van der Waals surface area contributed by atoms with Crippen LogP contribution in [0, 0.1) is 0 Å². The summed E-state index contributed by atoms with van der Waals surface area (Å²) in [6.07, 6.45) is 3.43. The van der Waals surface area contributed by atoms with Gasteiger partial charge >= 0.3 is 0 Å². The van der Waals surface area contributed by atoms with Crippen LogP contribution in [-0.2, 0) is 0 Å². The van der Waals surface area contributed by atoms with Crippen molar-refractivity contribution in [2.24, 2.45) is 0 Å². The molecule has 4 heteroatoms. The van der Waals surface area contributed by atoms with Crippen LogP contribution in [0.5, 0.6) is 0 Å². The van der Waals surface area contributed by atoms with E-state index >= 15 is 0 Å². The summed E-state index contributed by atoms with van der Waals surface area (Å²) in [6, 6.07) is 7.12. The highest BCUT2D eigenvalue weighted by Crippen LogP contribution is 2.24. The van der Waals surface area contributed by atoms with Crippen molar-refractivity contribution >= 4 is 45.7 Å². The molecule has 1 atom stereocenters. The minimum absolute atomic E-state index is 0.109. The highest BCUT2D eigenvalue weighted by atomic mass is 35.5. The maximum absolute atomic E-state index is 12.3. The van der Waals surface area contributed by atoms with Crippen molar-refractivity contribution in [2.75, 3.05) is 0 Å². The molecule has 17 heavy (non-hydrogen) atoms. The number of hydrogen-bond acceptors (Lipinski definition) is 3. The van der Waals surface area contributed by atoms with E-state index in [-0.39, 0.29) is 5.43 Å². The molecule has 0 radical (unpaired) electrons. The number of rotatable bonds is 0. The van der Waals surface area contributed by atoms with Crippen LogP contribution >= 0.6 is 23.8 Å². The lowest BCUT2D eigenvalue weighted by atomic mass is 10.0. The zero-order valence-electron chi connectivity index (χ0n) is 8.64. The molecule has 0 spiro atoms. The summed E-state index contributed by atoms with van der Waals surface area (Å²) < 4.78 is 5.65. The van der Waals surface area contributed by atoms with Gasteiger partial charge in [-0.3, -0.25) is 4.79 Å². The zero-order valence-corrected chi connectivity index (χ0v) is 10.2. The molecule has 1 aromatic heterocycles. The molecule has 2 aromatic rings. The fourth-order valence-corrected chi connectivity index (χ4v) is 2.36. The van der Waals surface area contributed by atoms with Crippen LogP contribution in [0.1, 0.15) is 11.3 Å². The van der Waals surface area contributed by atoms with Gasteiger partial charge in [0, 0.05) is 0 Å². The summed E-state index contributed by atoms with van der Waals surface area (Å²) in [7, 11) is 0. The lowest BCUT2D eigenvalue weighted by molar-refractivity contribution is 0.588. The van der Waals surface area contributed by atoms with Gasteiger partial charge in [-0.1, -0.05) is 30.4 Å². The molecule has 1 aliphatic rings.